The van der Waals surface area contributed by atoms with Gasteiger partial charge in [0.1, 0.15) is 0 Å². The summed E-state index contributed by atoms with van der Waals surface area (Å²) < 4.78 is 0. The summed E-state index contributed by atoms with van der Waals surface area (Å²) in [5, 5.41) is 0. The summed E-state index contributed by atoms with van der Waals surface area (Å²) in [6.07, 6.45) is 3.77. The lowest BCUT2D eigenvalue weighted by Gasteiger charge is -2.36. The zero-order valence-corrected chi connectivity index (χ0v) is 11.0. The summed E-state index contributed by atoms with van der Waals surface area (Å²) in [4.78, 5) is 20.5. The van der Waals surface area contributed by atoms with Gasteiger partial charge < -0.3 is 15.5 Å². The molecule has 98 valence electrons. The van der Waals surface area contributed by atoms with Gasteiger partial charge in [-0.15, -0.1) is 0 Å². The van der Waals surface area contributed by atoms with E-state index in [2.05, 4.69) is 9.88 Å². The predicted octanol–water partition coefficient (Wildman–Crippen LogP) is 0.830. The molecule has 1 aliphatic rings. The first kappa shape index (κ1) is 12.8. The zero-order chi connectivity index (χ0) is 13.1. The summed E-state index contributed by atoms with van der Waals surface area (Å²) in [6.45, 7) is 1.54. The highest BCUT2D eigenvalue weighted by Crippen LogP contribution is 2.17. The van der Waals surface area contributed by atoms with Crippen molar-refractivity contribution in [3.63, 3.8) is 0 Å². The van der Waals surface area contributed by atoms with Crippen molar-refractivity contribution in [3.05, 3.63) is 24.0 Å². The van der Waals surface area contributed by atoms with Crippen LogP contribution in [0, 0.1) is 0 Å². The maximum Gasteiger partial charge on any atom is 0.274 e. The van der Waals surface area contributed by atoms with E-state index < -0.39 is 0 Å². The summed E-state index contributed by atoms with van der Waals surface area (Å²) in [5.74, 6) is -0.0559. The van der Waals surface area contributed by atoms with E-state index >= 15 is 0 Å². The Morgan fingerprint density at radius 2 is 2.33 bits per heavy atom. The van der Waals surface area contributed by atoms with Gasteiger partial charge in [-0.25, -0.2) is 4.98 Å². The number of likely N-dealkylation sites (tertiary alicyclic amines) is 1. The highest BCUT2D eigenvalue weighted by molar-refractivity contribution is 5.97. The Morgan fingerprint density at radius 1 is 1.56 bits per heavy atom. The standard InChI is InChI=1S/C13H20N4O/c1-16(2)10-5-4-8-17(9-10)13(18)12-11(14)6-3-7-15-12/h3,6-7,10H,4-5,8-9,14H2,1-2H3. The molecule has 1 fully saturated rings. The fourth-order valence-corrected chi connectivity index (χ4v) is 2.31. The van der Waals surface area contributed by atoms with Gasteiger partial charge in [-0.3, -0.25) is 4.79 Å². The molecular formula is C13H20N4O. The Balaban J connectivity index is 2.12. The molecule has 1 aliphatic heterocycles. The molecule has 5 heteroatoms. The normalized spacial score (nSPS) is 20.2. The van der Waals surface area contributed by atoms with Crippen LogP contribution in [0.2, 0.25) is 0 Å². The molecule has 0 radical (unpaired) electrons. The molecule has 18 heavy (non-hydrogen) atoms. The number of rotatable bonds is 2. The molecule has 2 rings (SSSR count). The maximum atomic E-state index is 12.4. The van der Waals surface area contributed by atoms with E-state index in [4.69, 9.17) is 5.73 Å². The molecule has 0 bridgehead atoms. The largest absolute Gasteiger partial charge is 0.397 e. The molecule has 5 nitrogen and oxygen atoms in total. The number of nitrogen functional groups attached to an aromatic ring is 1. The minimum atomic E-state index is -0.0559. The number of piperidine rings is 1. The number of nitrogens with zero attached hydrogens (tertiary/aromatic N) is 3. The van der Waals surface area contributed by atoms with Crippen molar-refractivity contribution < 1.29 is 4.79 Å². The first-order valence-corrected chi connectivity index (χ1v) is 6.26. The maximum absolute atomic E-state index is 12.4. The van der Waals surface area contributed by atoms with E-state index in [9.17, 15) is 4.79 Å². The number of hydrogen-bond donors (Lipinski definition) is 1. The van der Waals surface area contributed by atoms with E-state index in [0.717, 1.165) is 25.9 Å². The van der Waals surface area contributed by atoms with Crippen molar-refractivity contribution in [2.24, 2.45) is 0 Å². The summed E-state index contributed by atoms with van der Waals surface area (Å²) >= 11 is 0. The number of carbonyl (C=O) groups excluding carboxylic acids is 1. The molecule has 1 aromatic rings. The Kier molecular flexibility index (Phi) is 3.81. The van der Waals surface area contributed by atoms with Crippen molar-refractivity contribution in [1.82, 2.24) is 14.8 Å². The van der Waals surface area contributed by atoms with Crippen molar-refractivity contribution in [2.45, 2.75) is 18.9 Å². The van der Waals surface area contributed by atoms with Gasteiger partial charge in [0.05, 0.1) is 5.69 Å². The van der Waals surface area contributed by atoms with Crippen LogP contribution in [0.1, 0.15) is 23.3 Å². The van der Waals surface area contributed by atoms with Crippen molar-refractivity contribution >= 4 is 11.6 Å². The van der Waals surface area contributed by atoms with Gasteiger partial charge in [0.15, 0.2) is 5.69 Å². The number of hydrogen-bond acceptors (Lipinski definition) is 4. The quantitative estimate of drug-likeness (QED) is 0.842. The predicted molar refractivity (Wildman–Crippen MR) is 71.3 cm³/mol. The molecule has 1 unspecified atom stereocenters. The lowest BCUT2D eigenvalue weighted by atomic mass is 10.0. The smallest absolute Gasteiger partial charge is 0.274 e. The van der Waals surface area contributed by atoms with Crippen LogP contribution in [-0.4, -0.2) is 53.9 Å². The third kappa shape index (κ3) is 2.61. The van der Waals surface area contributed by atoms with Gasteiger partial charge >= 0.3 is 0 Å². The highest BCUT2D eigenvalue weighted by Gasteiger charge is 2.26. The average molecular weight is 248 g/mol. The minimum Gasteiger partial charge on any atom is -0.397 e. The van der Waals surface area contributed by atoms with E-state index in [-0.39, 0.29) is 5.91 Å². The Labute approximate surface area is 108 Å². The second-order valence-corrected chi connectivity index (χ2v) is 4.95. The van der Waals surface area contributed by atoms with Crippen LogP contribution in [0.3, 0.4) is 0 Å². The third-order valence-electron chi connectivity index (χ3n) is 3.46. The second kappa shape index (κ2) is 5.35. The lowest BCUT2D eigenvalue weighted by molar-refractivity contribution is 0.0630. The van der Waals surface area contributed by atoms with E-state index in [1.807, 2.05) is 19.0 Å². The summed E-state index contributed by atoms with van der Waals surface area (Å²) in [6, 6.07) is 3.88. The van der Waals surface area contributed by atoms with Gasteiger partial charge in [-0.2, -0.15) is 0 Å². The Hall–Kier alpha value is -1.62. The minimum absolute atomic E-state index is 0.0559. The molecule has 1 saturated heterocycles. The number of nitrogens with two attached hydrogens (primary N) is 1. The van der Waals surface area contributed by atoms with Crippen molar-refractivity contribution in [1.29, 1.82) is 0 Å². The molecular weight excluding hydrogens is 228 g/mol. The SMILES string of the molecule is CN(C)C1CCCN(C(=O)c2ncccc2N)C1. The highest BCUT2D eigenvalue weighted by atomic mass is 16.2. The van der Waals surface area contributed by atoms with Crippen molar-refractivity contribution in [2.75, 3.05) is 32.9 Å². The van der Waals surface area contributed by atoms with Gasteiger partial charge in [0.25, 0.3) is 5.91 Å². The van der Waals surface area contributed by atoms with Gasteiger partial charge in [0.2, 0.25) is 0 Å². The molecule has 2 heterocycles. The Bertz CT molecular complexity index is 433. The molecule has 0 spiro atoms. The number of pyridine rings is 1. The molecule has 1 aromatic heterocycles. The zero-order valence-electron chi connectivity index (χ0n) is 11.0. The van der Waals surface area contributed by atoms with Crippen LogP contribution >= 0.6 is 0 Å². The van der Waals surface area contributed by atoms with Crippen LogP contribution in [0.25, 0.3) is 0 Å². The summed E-state index contributed by atoms with van der Waals surface area (Å²) in [7, 11) is 4.10. The fourth-order valence-electron chi connectivity index (χ4n) is 2.31. The van der Waals surface area contributed by atoms with Gasteiger partial charge in [-0.05, 0) is 39.1 Å². The van der Waals surface area contributed by atoms with Gasteiger partial charge in [0, 0.05) is 25.3 Å². The lowest BCUT2D eigenvalue weighted by Crippen LogP contribution is -2.47. The number of likely N-dealkylation sites (N-methyl/N-ethyl adjacent to an activating group) is 1. The topological polar surface area (TPSA) is 62.5 Å². The van der Waals surface area contributed by atoms with Crippen LogP contribution < -0.4 is 5.73 Å². The van der Waals surface area contributed by atoms with E-state index in [0.29, 0.717) is 17.4 Å². The van der Waals surface area contributed by atoms with Gasteiger partial charge in [-0.1, -0.05) is 0 Å². The molecule has 0 aromatic carbocycles. The number of aromatic nitrogens is 1. The fraction of sp³-hybridized carbons (Fsp3) is 0.538. The number of carbonyl (C=O) groups is 1. The van der Waals surface area contributed by atoms with Crippen LogP contribution in [-0.2, 0) is 0 Å². The van der Waals surface area contributed by atoms with Crippen LogP contribution in [0.4, 0.5) is 5.69 Å². The molecule has 0 aliphatic carbocycles. The Morgan fingerprint density at radius 3 is 3.00 bits per heavy atom. The molecule has 0 saturated carbocycles. The van der Waals surface area contributed by atoms with E-state index in [1.165, 1.54) is 0 Å². The third-order valence-corrected chi connectivity index (χ3v) is 3.46. The first-order valence-electron chi connectivity index (χ1n) is 6.26. The number of amides is 1. The van der Waals surface area contributed by atoms with Crippen LogP contribution in [0.5, 0.6) is 0 Å². The number of anilines is 1. The first-order chi connectivity index (χ1) is 8.59. The van der Waals surface area contributed by atoms with Crippen molar-refractivity contribution in [3.8, 4) is 0 Å². The monoisotopic (exact) mass is 248 g/mol. The average Bonchev–Trinajstić information content (AvgIpc) is 2.38. The second-order valence-electron chi connectivity index (χ2n) is 4.95. The molecule has 1 atom stereocenters. The molecule has 1 amide bonds. The summed E-state index contributed by atoms with van der Waals surface area (Å²) in [5.41, 5.74) is 6.63. The van der Waals surface area contributed by atoms with E-state index in [1.54, 1.807) is 18.3 Å². The van der Waals surface area contributed by atoms with Crippen LogP contribution in [0.15, 0.2) is 18.3 Å². The molecule has 2 N–H and O–H groups in total.